The maximum Gasteiger partial charge on any atom is 0.0984 e. The highest BCUT2D eigenvalue weighted by Gasteiger charge is 2.36. The smallest absolute Gasteiger partial charge is 0.0984 e. The number of hydrogen-bond acceptors (Lipinski definition) is 4. The van der Waals surface area contributed by atoms with Crippen molar-refractivity contribution < 1.29 is 0 Å². The average molecular weight is 384 g/mol. The molecule has 0 aliphatic heterocycles. The van der Waals surface area contributed by atoms with Gasteiger partial charge in [-0.05, 0) is 50.2 Å². The Morgan fingerprint density at radius 1 is 1.07 bits per heavy atom. The van der Waals surface area contributed by atoms with Crippen LogP contribution in [0.15, 0.2) is 0 Å². The third-order valence-electron chi connectivity index (χ3n) is 6.16. The van der Waals surface area contributed by atoms with Gasteiger partial charge in [0.05, 0.1) is 16.4 Å². The van der Waals surface area contributed by atoms with Crippen molar-refractivity contribution in [1.29, 1.82) is 0 Å². The highest BCUT2D eigenvalue weighted by molar-refractivity contribution is 7.11. The van der Waals surface area contributed by atoms with Crippen LogP contribution in [0, 0.1) is 6.92 Å². The zero-order valence-electron chi connectivity index (χ0n) is 17.8. The van der Waals surface area contributed by atoms with Gasteiger partial charge in [0.1, 0.15) is 0 Å². The van der Waals surface area contributed by atoms with Gasteiger partial charge >= 0.3 is 0 Å². The SMILES string of the molecule is Cc1sc(C(C)(C)C)nc1CCNc1c2c(nc3c1CCC3(C)C)CCC2. The van der Waals surface area contributed by atoms with Crippen molar-refractivity contribution in [2.45, 2.75) is 90.9 Å². The zero-order chi connectivity index (χ0) is 19.4. The van der Waals surface area contributed by atoms with Crippen LogP contribution in [0.1, 0.15) is 85.6 Å². The minimum Gasteiger partial charge on any atom is -0.384 e. The Morgan fingerprint density at radius 2 is 1.85 bits per heavy atom. The molecular weight excluding hydrogens is 350 g/mol. The molecule has 2 aromatic rings. The van der Waals surface area contributed by atoms with Crippen molar-refractivity contribution in [2.24, 2.45) is 0 Å². The summed E-state index contributed by atoms with van der Waals surface area (Å²) < 4.78 is 0. The van der Waals surface area contributed by atoms with E-state index in [1.54, 1.807) is 0 Å². The van der Waals surface area contributed by atoms with Crippen molar-refractivity contribution in [2.75, 3.05) is 11.9 Å². The van der Waals surface area contributed by atoms with Gasteiger partial charge in [-0.25, -0.2) is 4.98 Å². The van der Waals surface area contributed by atoms with Gasteiger partial charge in [-0.3, -0.25) is 4.98 Å². The van der Waals surface area contributed by atoms with E-state index in [2.05, 4.69) is 46.9 Å². The van der Waals surface area contributed by atoms with Gasteiger partial charge < -0.3 is 5.32 Å². The van der Waals surface area contributed by atoms with Crippen molar-refractivity contribution in [3.05, 3.63) is 38.1 Å². The lowest BCUT2D eigenvalue weighted by Gasteiger charge is -2.21. The lowest BCUT2D eigenvalue weighted by atomic mass is 9.90. The molecule has 0 amide bonds. The molecule has 0 aromatic carbocycles. The molecule has 0 saturated carbocycles. The number of hydrogen-bond donors (Lipinski definition) is 1. The van der Waals surface area contributed by atoms with Crippen LogP contribution in [-0.4, -0.2) is 16.5 Å². The lowest BCUT2D eigenvalue weighted by molar-refractivity contribution is 0.508. The highest BCUT2D eigenvalue weighted by atomic mass is 32.1. The van der Waals surface area contributed by atoms with Crippen molar-refractivity contribution in [3.8, 4) is 0 Å². The maximum absolute atomic E-state index is 5.11. The number of aromatic nitrogens is 2. The molecule has 0 bridgehead atoms. The predicted octanol–water partition coefficient (Wildman–Crippen LogP) is 5.51. The fourth-order valence-corrected chi connectivity index (χ4v) is 5.50. The van der Waals surface area contributed by atoms with Gasteiger partial charge in [0.2, 0.25) is 0 Å². The topological polar surface area (TPSA) is 37.8 Å². The number of nitrogens with one attached hydrogen (secondary N) is 1. The second-order valence-electron chi connectivity index (χ2n) is 9.93. The Balaban J connectivity index is 1.56. The lowest BCUT2D eigenvalue weighted by Crippen LogP contribution is -2.17. The van der Waals surface area contributed by atoms with E-state index in [1.165, 1.54) is 63.0 Å². The van der Waals surface area contributed by atoms with Crippen molar-refractivity contribution in [3.63, 3.8) is 0 Å². The van der Waals surface area contributed by atoms with Gasteiger partial charge in [-0.15, -0.1) is 11.3 Å². The fourth-order valence-electron chi connectivity index (χ4n) is 4.48. The van der Waals surface area contributed by atoms with Gasteiger partial charge in [0, 0.05) is 40.1 Å². The van der Waals surface area contributed by atoms with Crippen LogP contribution >= 0.6 is 11.3 Å². The quantitative estimate of drug-likeness (QED) is 0.756. The summed E-state index contributed by atoms with van der Waals surface area (Å²) in [6.07, 6.45) is 6.95. The Hall–Kier alpha value is -1.42. The minimum atomic E-state index is 0.138. The summed E-state index contributed by atoms with van der Waals surface area (Å²) >= 11 is 1.86. The van der Waals surface area contributed by atoms with E-state index in [0.29, 0.717) is 0 Å². The Labute approximate surface area is 168 Å². The number of pyridine rings is 1. The molecule has 27 heavy (non-hydrogen) atoms. The third kappa shape index (κ3) is 3.41. The molecule has 0 spiro atoms. The van der Waals surface area contributed by atoms with E-state index >= 15 is 0 Å². The van der Waals surface area contributed by atoms with E-state index in [9.17, 15) is 0 Å². The summed E-state index contributed by atoms with van der Waals surface area (Å²) in [4.78, 5) is 11.4. The van der Waals surface area contributed by atoms with Crippen LogP contribution in [0.25, 0.3) is 0 Å². The standard InChI is InChI=1S/C23H33N3S/c1-14-17(26-21(27-14)22(2,3)4)11-13-24-19-15-8-7-9-18(15)25-20-16(19)10-12-23(20,5)6/h7-13H2,1-6H3,(H,24,25). The molecular formula is C23H33N3S. The van der Waals surface area contributed by atoms with Gasteiger partial charge in [-0.2, -0.15) is 0 Å². The van der Waals surface area contributed by atoms with Crippen LogP contribution in [0.5, 0.6) is 0 Å². The summed E-state index contributed by atoms with van der Waals surface area (Å²) in [7, 11) is 0. The molecule has 2 aliphatic carbocycles. The molecule has 2 aromatic heterocycles. The molecule has 2 heterocycles. The molecule has 0 fully saturated rings. The van der Waals surface area contributed by atoms with Crippen molar-refractivity contribution >= 4 is 17.0 Å². The second-order valence-corrected chi connectivity index (χ2v) is 11.1. The molecule has 0 radical (unpaired) electrons. The maximum atomic E-state index is 5.11. The van der Waals surface area contributed by atoms with Crippen molar-refractivity contribution in [1.82, 2.24) is 9.97 Å². The Bertz CT molecular complexity index is 871. The average Bonchev–Trinajstić information content (AvgIpc) is 3.25. The van der Waals surface area contributed by atoms with Gasteiger partial charge in [0.25, 0.3) is 0 Å². The normalized spacial score (nSPS) is 17.9. The first-order valence-corrected chi connectivity index (χ1v) is 11.2. The number of fused-ring (bicyclic) bond motifs is 2. The molecule has 3 nitrogen and oxygen atoms in total. The molecule has 146 valence electrons. The van der Waals surface area contributed by atoms with Crippen LogP contribution in [0.3, 0.4) is 0 Å². The third-order valence-corrected chi connectivity index (χ3v) is 7.60. The van der Waals surface area contributed by atoms with Crippen LogP contribution in [0.4, 0.5) is 5.69 Å². The number of nitrogens with zero attached hydrogens (tertiary/aromatic N) is 2. The molecule has 2 aliphatic rings. The molecule has 0 atom stereocenters. The largest absolute Gasteiger partial charge is 0.384 e. The van der Waals surface area contributed by atoms with E-state index in [0.717, 1.165) is 25.8 Å². The first kappa shape index (κ1) is 18.9. The summed E-state index contributed by atoms with van der Waals surface area (Å²) in [5.74, 6) is 0. The molecule has 0 saturated heterocycles. The van der Waals surface area contributed by atoms with Crippen LogP contribution in [-0.2, 0) is 36.5 Å². The summed E-state index contributed by atoms with van der Waals surface area (Å²) in [5, 5.41) is 5.08. The first-order valence-electron chi connectivity index (χ1n) is 10.4. The Kier molecular flexibility index (Phi) is 4.61. The summed E-state index contributed by atoms with van der Waals surface area (Å²) in [6.45, 7) is 14.6. The summed E-state index contributed by atoms with van der Waals surface area (Å²) in [6, 6.07) is 0. The van der Waals surface area contributed by atoms with Gasteiger partial charge in [-0.1, -0.05) is 34.6 Å². The van der Waals surface area contributed by atoms with E-state index in [4.69, 9.17) is 9.97 Å². The number of anilines is 1. The first-order chi connectivity index (χ1) is 12.7. The zero-order valence-corrected chi connectivity index (χ0v) is 18.6. The highest BCUT2D eigenvalue weighted by Crippen LogP contribution is 2.44. The monoisotopic (exact) mass is 383 g/mol. The predicted molar refractivity (Wildman–Crippen MR) is 115 cm³/mol. The number of thiazole rings is 1. The van der Waals surface area contributed by atoms with E-state index in [1.807, 2.05) is 11.3 Å². The van der Waals surface area contributed by atoms with E-state index < -0.39 is 0 Å². The molecule has 4 rings (SSSR count). The number of aryl methyl sites for hydroxylation is 2. The molecule has 4 heteroatoms. The van der Waals surface area contributed by atoms with Gasteiger partial charge in [0.15, 0.2) is 0 Å². The molecule has 1 N–H and O–H groups in total. The van der Waals surface area contributed by atoms with Crippen LogP contribution in [0.2, 0.25) is 0 Å². The molecule has 0 unspecified atom stereocenters. The van der Waals surface area contributed by atoms with E-state index in [-0.39, 0.29) is 10.8 Å². The number of rotatable bonds is 4. The Morgan fingerprint density at radius 3 is 2.56 bits per heavy atom. The summed E-state index contributed by atoms with van der Waals surface area (Å²) in [5.41, 5.74) is 8.73. The minimum absolute atomic E-state index is 0.138. The second kappa shape index (κ2) is 6.58. The fraction of sp³-hybridized carbons (Fsp3) is 0.652. The van der Waals surface area contributed by atoms with Crippen LogP contribution < -0.4 is 5.32 Å².